The van der Waals surface area contributed by atoms with E-state index in [1.807, 2.05) is 53.8 Å². The lowest BCUT2D eigenvalue weighted by molar-refractivity contribution is -0.142. The first-order valence-electron chi connectivity index (χ1n) is 15.0. The first kappa shape index (κ1) is 39.4. The molecule has 0 radical (unpaired) electrons. The molecular weight excluding hydrogens is 506 g/mol. The molecule has 1 rings (SSSR count). The zero-order chi connectivity index (χ0) is 30.9. The SMILES string of the molecule is CC.CC/C=C(C)/C(=C\C=C(C)\C(NNC)=C(\CCC)COC(=O)N(C)CCC)OC.O=C(O)C1CCCCC1. The minimum atomic E-state index is -0.602. The Morgan fingerprint density at radius 1 is 1.00 bits per heavy atom. The fraction of sp³-hybridized carbons (Fsp3) is 0.688. The molecule has 0 aliphatic heterocycles. The fourth-order valence-electron chi connectivity index (χ4n) is 4.25. The summed E-state index contributed by atoms with van der Waals surface area (Å²) in [7, 11) is 5.26. The number of rotatable bonds is 14. The van der Waals surface area contributed by atoms with Crippen molar-refractivity contribution in [1.29, 1.82) is 0 Å². The molecule has 0 atom stereocenters. The van der Waals surface area contributed by atoms with Crippen LogP contribution in [0.25, 0.3) is 0 Å². The number of aliphatic carboxylic acids is 1. The Morgan fingerprint density at radius 2 is 1.62 bits per heavy atom. The van der Waals surface area contributed by atoms with Gasteiger partial charge in [-0.25, -0.2) is 10.2 Å². The number of carbonyl (C=O) groups is 2. The van der Waals surface area contributed by atoms with Crippen molar-refractivity contribution in [2.45, 2.75) is 106 Å². The maximum absolute atomic E-state index is 12.2. The van der Waals surface area contributed by atoms with E-state index >= 15 is 0 Å². The molecule has 0 spiro atoms. The predicted molar refractivity (Wildman–Crippen MR) is 167 cm³/mol. The zero-order valence-electron chi connectivity index (χ0n) is 27.1. The summed E-state index contributed by atoms with van der Waals surface area (Å²) in [5, 5.41) is 8.54. The molecule has 1 amide bonds. The molecule has 3 N–H and O–H groups in total. The van der Waals surface area contributed by atoms with Crippen LogP contribution in [0.2, 0.25) is 0 Å². The molecule has 232 valence electrons. The molecule has 40 heavy (non-hydrogen) atoms. The Kier molecular flexibility index (Phi) is 24.9. The van der Waals surface area contributed by atoms with Crippen molar-refractivity contribution in [3.63, 3.8) is 0 Å². The van der Waals surface area contributed by atoms with Crippen LogP contribution in [-0.2, 0) is 14.3 Å². The smallest absolute Gasteiger partial charge is 0.409 e. The van der Waals surface area contributed by atoms with Crippen LogP contribution in [0.15, 0.2) is 46.4 Å². The van der Waals surface area contributed by atoms with Crippen molar-refractivity contribution < 1.29 is 24.2 Å². The minimum absolute atomic E-state index is 0.0289. The number of carboxylic acids is 1. The number of amides is 1. The molecule has 8 nitrogen and oxygen atoms in total. The molecule has 1 aliphatic rings. The van der Waals surface area contributed by atoms with E-state index < -0.39 is 5.97 Å². The Balaban J connectivity index is 0. The summed E-state index contributed by atoms with van der Waals surface area (Å²) in [5.74, 6) is 0.202. The third-order valence-corrected chi connectivity index (χ3v) is 6.35. The van der Waals surface area contributed by atoms with Gasteiger partial charge in [-0.05, 0) is 68.7 Å². The maximum atomic E-state index is 12.2. The molecule has 0 bridgehead atoms. The van der Waals surface area contributed by atoms with E-state index in [1.54, 1.807) is 19.1 Å². The van der Waals surface area contributed by atoms with Crippen LogP contribution in [0.3, 0.4) is 0 Å². The molecule has 0 heterocycles. The number of nitrogens with one attached hydrogen (secondary N) is 2. The van der Waals surface area contributed by atoms with Crippen molar-refractivity contribution >= 4 is 12.1 Å². The highest BCUT2D eigenvalue weighted by Crippen LogP contribution is 2.23. The quantitative estimate of drug-likeness (QED) is 0.112. The number of hydrogen-bond acceptors (Lipinski definition) is 6. The monoisotopic (exact) mass is 565 g/mol. The van der Waals surface area contributed by atoms with Gasteiger partial charge >= 0.3 is 12.1 Å². The van der Waals surface area contributed by atoms with Gasteiger partial charge in [-0.1, -0.05) is 72.5 Å². The van der Waals surface area contributed by atoms with Crippen molar-refractivity contribution in [3.05, 3.63) is 46.4 Å². The third-order valence-electron chi connectivity index (χ3n) is 6.35. The average Bonchev–Trinajstić information content (AvgIpc) is 2.96. The van der Waals surface area contributed by atoms with E-state index in [-0.39, 0.29) is 18.6 Å². The molecule has 1 aliphatic carbocycles. The largest absolute Gasteiger partial charge is 0.497 e. The summed E-state index contributed by atoms with van der Waals surface area (Å²) < 4.78 is 11.1. The maximum Gasteiger partial charge on any atom is 0.409 e. The lowest BCUT2D eigenvalue weighted by atomic mass is 9.90. The van der Waals surface area contributed by atoms with Crippen LogP contribution >= 0.6 is 0 Å². The van der Waals surface area contributed by atoms with E-state index in [0.29, 0.717) is 6.54 Å². The molecule has 1 saturated carbocycles. The highest BCUT2D eigenvalue weighted by atomic mass is 16.6. The van der Waals surface area contributed by atoms with E-state index in [0.717, 1.165) is 79.5 Å². The number of carboxylic acid groups (broad SMARTS) is 1. The van der Waals surface area contributed by atoms with Crippen molar-refractivity contribution in [2.24, 2.45) is 5.92 Å². The number of hydrazine groups is 1. The van der Waals surface area contributed by atoms with Gasteiger partial charge in [0.1, 0.15) is 12.4 Å². The predicted octanol–water partition coefficient (Wildman–Crippen LogP) is 7.75. The number of methoxy groups -OCH3 is 1. The van der Waals surface area contributed by atoms with Crippen LogP contribution in [-0.4, -0.2) is 56.4 Å². The summed E-state index contributed by atoms with van der Waals surface area (Å²) in [5.41, 5.74) is 10.3. The molecule has 1 fully saturated rings. The van der Waals surface area contributed by atoms with E-state index in [9.17, 15) is 9.59 Å². The van der Waals surface area contributed by atoms with Gasteiger partial charge in [0.15, 0.2) is 0 Å². The van der Waals surface area contributed by atoms with Crippen LogP contribution in [0, 0.1) is 5.92 Å². The second-order valence-corrected chi connectivity index (χ2v) is 9.63. The summed E-state index contributed by atoms with van der Waals surface area (Å²) in [4.78, 5) is 24.1. The number of allylic oxidation sites excluding steroid dienone is 5. The number of hydrogen-bond donors (Lipinski definition) is 3. The Labute approximate surface area is 244 Å². The van der Waals surface area contributed by atoms with Gasteiger partial charge in [-0.2, -0.15) is 0 Å². The molecular formula is C32H59N3O5. The molecule has 8 heteroatoms. The third kappa shape index (κ3) is 17.1. The molecule has 0 aromatic rings. The van der Waals surface area contributed by atoms with Crippen LogP contribution < -0.4 is 10.9 Å². The van der Waals surface area contributed by atoms with Gasteiger partial charge in [0.05, 0.1) is 18.7 Å². The summed E-state index contributed by atoms with van der Waals surface area (Å²) >= 11 is 0. The highest BCUT2D eigenvalue weighted by Gasteiger charge is 2.19. The Hall–Kier alpha value is -2.74. The Morgan fingerprint density at radius 3 is 2.08 bits per heavy atom. The topological polar surface area (TPSA) is 100 Å². The van der Waals surface area contributed by atoms with E-state index in [1.165, 1.54) is 6.42 Å². The number of carbonyl (C=O) groups excluding carboxylic acids is 1. The second-order valence-electron chi connectivity index (χ2n) is 9.63. The van der Waals surface area contributed by atoms with Crippen LogP contribution in [0.1, 0.15) is 106 Å². The van der Waals surface area contributed by atoms with Gasteiger partial charge in [0.2, 0.25) is 0 Å². The van der Waals surface area contributed by atoms with Crippen LogP contribution in [0.4, 0.5) is 4.79 Å². The van der Waals surface area contributed by atoms with Crippen molar-refractivity contribution in [2.75, 3.05) is 34.4 Å². The molecule has 0 aromatic heterocycles. The number of nitrogens with zero attached hydrogens (tertiary/aromatic N) is 1. The second kappa shape index (κ2) is 25.2. The lowest BCUT2D eigenvalue weighted by Crippen LogP contribution is -2.31. The van der Waals surface area contributed by atoms with Gasteiger partial charge in [-0.15, -0.1) is 0 Å². The fourth-order valence-corrected chi connectivity index (χ4v) is 4.25. The summed E-state index contributed by atoms with van der Waals surface area (Å²) in [6, 6.07) is 0. The van der Waals surface area contributed by atoms with Gasteiger partial charge in [0, 0.05) is 20.6 Å². The lowest BCUT2D eigenvalue weighted by Gasteiger charge is -2.20. The minimum Gasteiger partial charge on any atom is -0.497 e. The molecule has 0 unspecified atom stereocenters. The first-order chi connectivity index (χ1) is 19.2. The first-order valence-corrected chi connectivity index (χ1v) is 15.0. The van der Waals surface area contributed by atoms with Gasteiger partial charge < -0.3 is 24.9 Å². The van der Waals surface area contributed by atoms with Gasteiger partial charge in [-0.3, -0.25) is 4.79 Å². The summed E-state index contributed by atoms with van der Waals surface area (Å²) in [6.45, 7) is 15.3. The van der Waals surface area contributed by atoms with Crippen LogP contribution in [0.5, 0.6) is 0 Å². The standard InChI is InChI=1S/C23H41N3O3.C7H12O2.C2H6/c1-9-12-18(4)21(28-8)15-14-19(5)22(25-24-6)20(13-10-2)17-29-23(27)26(7)16-11-3;8-7(9)6-4-2-1-3-5-6;1-2/h12,14-15,24-25H,9-11,13,16-17H2,1-8H3;6H,1-5H2,(H,8,9);1-2H3/b18-12+,19-14+,21-15+,22-20+;;. The number of ether oxygens (including phenoxy) is 2. The van der Waals surface area contributed by atoms with E-state index in [2.05, 4.69) is 30.8 Å². The average molecular weight is 566 g/mol. The van der Waals surface area contributed by atoms with E-state index in [4.69, 9.17) is 14.6 Å². The normalized spacial score (nSPS) is 15.0. The summed E-state index contributed by atoms with van der Waals surface area (Å²) in [6.07, 6.45) is 14.7. The van der Waals surface area contributed by atoms with Crippen molar-refractivity contribution in [1.82, 2.24) is 15.8 Å². The molecule has 0 saturated heterocycles. The van der Waals surface area contributed by atoms with Gasteiger partial charge in [0.25, 0.3) is 0 Å². The highest BCUT2D eigenvalue weighted by molar-refractivity contribution is 5.70. The Bertz CT molecular complexity index is 824. The van der Waals surface area contributed by atoms with Crippen molar-refractivity contribution in [3.8, 4) is 0 Å². The molecule has 0 aromatic carbocycles. The zero-order valence-corrected chi connectivity index (χ0v) is 27.1.